The van der Waals surface area contributed by atoms with Gasteiger partial charge in [0, 0.05) is 39.5 Å². The van der Waals surface area contributed by atoms with Crippen LogP contribution in [-0.4, -0.2) is 29.1 Å². The van der Waals surface area contributed by atoms with Crippen LogP contribution < -0.4 is 16.0 Å². The summed E-state index contributed by atoms with van der Waals surface area (Å²) in [6.45, 7) is 7.41. The van der Waals surface area contributed by atoms with Gasteiger partial charge in [-0.3, -0.25) is 10.3 Å². The number of nitrogens with zero attached hydrogens (tertiary/aromatic N) is 1. The lowest BCUT2D eigenvalue weighted by atomic mass is 9.95. The van der Waals surface area contributed by atoms with Crippen LogP contribution >= 0.6 is 22.7 Å². The summed E-state index contributed by atoms with van der Waals surface area (Å²) in [5.74, 6) is -0.794. The molecule has 37 heavy (non-hydrogen) atoms. The van der Waals surface area contributed by atoms with Crippen molar-refractivity contribution in [3.8, 4) is 10.4 Å². The Bertz CT molecular complexity index is 1340. The number of carbonyl (C=O) groups excluding carboxylic acids is 2. The normalized spacial score (nSPS) is 15.0. The Hall–Kier alpha value is -2.82. The summed E-state index contributed by atoms with van der Waals surface area (Å²) in [6, 6.07) is 1.09. The highest BCUT2D eigenvalue weighted by Crippen LogP contribution is 2.40. The monoisotopic (exact) mass is 542 g/mol. The molecule has 0 unspecified atom stereocenters. The van der Waals surface area contributed by atoms with Crippen molar-refractivity contribution >= 4 is 39.7 Å². The predicted molar refractivity (Wildman–Crippen MR) is 145 cm³/mol. The van der Waals surface area contributed by atoms with Crippen LogP contribution in [0.1, 0.15) is 70.4 Å². The Balaban J connectivity index is 1.38. The molecule has 0 aromatic carbocycles. The zero-order valence-corrected chi connectivity index (χ0v) is 22.9. The van der Waals surface area contributed by atoms with Crippen LogP contribution in [0.3, 0.4) is 0 Å². The molecule has 7 nitrogen and oxygen atoms in total. The third-order valence-corrected chi connectivity index (χ3v) is 8.96. The summed E-state index contributed by atoms with van der Waals surface area (Å²) in [6.07, 6.45) is 7.48. The number of halogens is 1. The highest BCUT2D eigenvalue weighted by atomic mass is 32.1. The number of urea groups is 1. The molecule has 0 spiro atoms. The van der Waals surface area contributed by atoms with Crippen LogP contribution in [0.2, 0.25) is 0 Å². The van der Waals surface area contributed by atoms with E-state index in [2.05, 4.69) is 20.9 Å². The van der Waals surface area contributed by atoms with E-state index in [0.29, 0.717) is 16.1 Å². The number of fused-ring (bicyclic) bond motifs is 2. The van der Waals surface area contributed by atoms with Crippen molar-refractivity contribution in [2.75, 3.05) is 11.9 Å². The first-order valence-electron chi connectivity index (χ1n) is 12.6. The largest absolute Gasteiger partial charge is 0.456 e. The topological polar surface area (TPSA) is 92.3 Å². The molecule has 1 aliphatic carbocycles. The van der Waals surface area contributed by atoms with E-state index in [1.54, 1.807) is 17.5 Å². The molecular formula is C27H31FN4O3S2. The van der Waals surface area contributed by atoms with Crippen molar-refractivity contribution in [1.29, 1.82) is 0 Å². The van der Waals surface area contributed by atoms with Crippen LogP contribution in [-0.2, 0) is 37.1 Å². The van der Waals surface area contributed by atoms with Gasteiger partial charge in [0.1, 0.15) is 16.4 Å². The molecule has 3 aromatic rings. The molecule has 10 heteroatoms. The maximum absolute atomic E-state index is 13.9. The van der Waals surface area contributed by atoms with Gasteiger partial charge in [-0.1, -0.05) is 0 Å². The number of ether oxygens (including phenoxy) is 1. The summed E-state index contributed by atoms with van der Waals surface area (Å²) in [4.78, 5) is 33.5. The SMILES string of the molecule is CC(C)(C)OC(=O)c1c(NC(=O)NCc2c(-c3cncc(F)c3)sc3c2CCNC3)sc2c1CCCC2. The lowest BCUT2D eigenvalue weighted by Gasteiger charge is -2.21. The number of aryl methyl sites for hydroxylation is 1. The van der Waals surface area contributed by atoms with E-state index in [4.69, 9.17) is 4.74 Å². The lowest BCUT2D eigenvalue weighted by Crippen LogP contribution is -2.30. The Morgan fingerprint density at radius 1 is 1.11 bits per heavy atom. The second-order valence-corrected chi connectivity index (χ2v) is 12.6. The molecule has 2 amide bonds. The summed E-state index contributed by atoms with van der Waals surface area (Å²) < 4.78 is 19.6. The molecule has 0 radical (unpaired) electrons. The van der Waals surface area contributed by atoms with Crippen molar-refractivity contribution in [3.63, 3.8) is 0 Å². The first kappa shape index (κ1) is 25.8. The van der Waals surface area contributed by atoms with Gasteiger partial charge in [-0.2, -0.15) is 0 Å². The minimum absolute atomic E-state index is 0.288. The first-order chi connectivity index (χ1) is 17.7. The lowest BCUT2D eigenvalue weighted by molar-refractivity contribution is 0.00699. The number of hydrogen-bond acceptors (Lipinski definition) is 7. The van der Waals surface area contributed by atoms with Gasteiger partial charge in [0.15, 0.2) is 0 Å². The Morgan fingerprint density at radius 3 is 2.70 bits per heavy atom. The van der Waals surface area contributed by atoms with E-state index in [0.717, 1.165) is 66.1 Å². The Morgan fingerprint density at radius 2 is 1.92 bits per heavy atom. The Labute approximate surface area is 223 Å². The van der Waals surface area contributed by atoms with Gasteiger partial charge in [0.25, 0.3) is 0 Å². The number of esters is 1. The molecule has 2 aliphatic rings. The molecule has 196 valence electrons. The van der Waals surface area contributed by atoms with Crippen molar-refractivity contribution in [2.24, 2.45) is 0 Å². The maximum Gasteiger partial charge on any atom is 0.341 e. The zero-order valence-electron chi connectivity index (χ0n) is 21.3. The van der Waals surface area contributed by atoms with E-state index in [1.807, 2.05) is 20.8 Å². The number of rotatable bonds is 5. The highest BCUT2D eigenvalue weighted by molar-refractivity contribution is 7.17. The number of anilines is 1. The van der Waals surface area contributed by atoms with Crippen LogP contribution in [0.4, 0.5) is 14.2 Å². The number of hydrogen-bond donors (Lipinski definition) is 3. The van der Waals surface area contributed by atoms with E-state index in [1.165, 1.54) is 34.0 Å². The molecule has 4 heterocycles. The van der Waals surface area contributed by atoms with Gasteiger partial charge in [-0.05, 0) is 82.2 Å². The number of amides is 2. The van der Waals surface area contributed by atoms with Gasteiger partial charge >= 0.3 is 12.0 Å². The summed E-state index contributed by atoms with van der Waals surface area (Å²) in [5.41, 5.74) is 3.74. The second-order valence-electron chi connectivity index (χ2n) is 10.4. The second kappa shape index (κ2) is 10.5. The molecule has 0 atom stereocenters. The van der Waals surface area contributed by atoms with Gasteiger partial charge in [0.2, 0.25) is 0 Å². The quantitative estimate of drug-likeness (QED) is 0.354. The fraction of sp³-hybridized carbons (Fsp3) is 0.444. The molecule has 3 N–H and O–H groups in total. The fourth-order valence-electron chi connectivity index (χ4n) is 4.87. The molecule has 0 saturated heterocycles. The van der Waals surface area contributed by atoms with Gasteiger partial charge in [-0.25, -0.2) is 14.0 Å². The van der Waals surface area contributed by atoms with E-state index >= 15 is 0 Å². The summed E-state index contributed by atoms with van der Waals surface area (Å²) >= 11 is 3.07. The van der Waals surface area contributed by atoms with Crippen LogP contribution in [0, 0.1) is 5.82 Å². The minimum Gasteiger partial charge on any atom is -0.456 e. The number of carbonyl (C=O) groups is 2. The molecule has 0 bridgehead atoms. The van der Waals surface area contributed by atoms with Crippen LogP contribution in [0.15, 0.2) is 18.5 Å². The summed E-state index contributed by atoms with van der Waals surface area (Å²) in [5, 5.41) is 9.82. The summed E-state index contributed by atoms with van der Waals surface area (Å²) in [7, 11) is 0. The van der Waals surface area contributed by atoms with Crippen molar-refractivity contribution in [1.82, 2.24) is 15.6 Å². The number of thiophene rings is 2. The minimum atomic E-state index is -0.630. The fourth-order valence-corrected chi connectivity index (χ4v) is 7.46. The van der Waals surface area contributed by atoms with Crippen LogP contribution in [0.5, 0.6) is 0 Å². The van der Waals surface area contributed by atoms with Gasteiger partial charge < -0.3 is 15.4 Å². The maximum atomic E-state index is 13.9. The molecule has 5 rings (SSSR count). The molecule has 1 aliphatic heterocycles. The third kappa shape index (κ3) is 5.71. The van der Waals surface area contributed by atoms with E-state index in [-0.39, 0.29) is 12.6 Å². The number of pyridine rings is 1. The highest BCUT2D eigenvalue weighted by Gasteiger charge is 2.30. The van der Waals surface area contributed by atoms with Crippen molar-refractivity contribution < 1.29 is 18.7 Å². The van der Waals surface area contributed by atoms with E-state index < -0.39 is 17.4 Å². The van der Waals surface area contributed by atoms with E-state index in [9.17, 15) is 14.0 Å². The van der Waals surface area contributed by atoms with Crippen LogP contribution in [0.25, 0.3) is 10.4 Å². The smallest absolute Gasteiger partial charge is 0.341 e. The molecule has 3 aromatic heterocycles. The van der Waals surface area contributed by atoms with Gasteiger partial charge in [0.05, 0.1) is 11.8 Å². The Kier molecular flexibility index (Phi) is 7.33. The molecule has 0 saturated carbocycles. The standard InChI is InChI=1S/C27H31FN4O3S2/c1-27(2,3)35-25(33)22-18-6-4-5-7-20(18)37-24(22)32-26(34)31-13-19-17-8-9-29-14-21(17)36-23(19)15-10-16(28)12-30-11-15/h10-12,29H,4-9,13-14H2,1-3H3,(H2,31,32,34). The average molecular weight is 543 g/mol. The van der Waals surface area contributed by atoms with Gasteiger partial charge in [-0.15, -0.1) is 22.7 Å². The predicted octanol–water partition coefficient (Wildman–Crippen LogP) is 5.81. The molecular weight excluding hydrogens is 511 g/mol. The average Bonchev–Trinajstić information content (AvgIpc) is 3.39. The number of aromatic nitrogens is 1. The van der Waals surface area contributed by atoms with Crippen molar-refractivity contribution in [2.45, 2.75) is 71.6 Å². The molecule has 0 fully saturated rings. The number of nitrogens with one attached hydrogen (secondary N) is 3. The zero-order chi connectivity index (χ0) is 26.2. The third-order valence-electron chi connectivity index (χ3n) is 6.43. The van der Waals surface area contributed by atoms with Crippen molar-refractivity contribution in [3.05, 3.63) is 56.3 Å². The first-order valence-corrected chi connectivity index (χ1v) is 14.2.